The largest absolute Gasteiger partial charge is 0.497 e. The van der Waals surface area contributed by atoms with Crippen molar-refractivity contribution in [3.8, 4) is 11.5 Å². The standard InChI is InChI=1S/C16H16O5/c1-20-13-8-7-11-10-15(17,12-5-3-2-4-6-12)16(18,19)21-14(11)9-13/h2-9,17-19H,10H2,1H3. The van der Waals surface area contributed by atoms with Gasteiger partial charge in [-0.25, -0.2) is 0 Å². The number of rotatable bonds is 2. The summed E-state index contributed by atoms with van der Waals surface area (Å²) in [5, 5.41) is 31.2. The number of fused-ring (bicyclic) bond motifs is 1. The van der Waals surface area contributed by atoms with Crippen LogP contribution in [0.25, 0.3) is 0 Å². The molecule has 0 fully saturated rings. The van der Waals surface area contributed by atoms with Crippen LogP contribution in [0.2, 0.25) is 0 Å². The highest BCUT2D eigenvalue weighted by Crippen LogP contribution is 2.44. The van der Waals surface area contributed by atoms with Crippen LogP contribution in [0.5, 0.6) is 11.5 Å². The van der Waals surface area contributed by atoms with Gasteiger partial charge < -0.3 is 24.8 Å². The van der Waals surface area contributed by atoms with Gasteiger partial charge >= 0.3 is 5.97 Å². The molecule has 3 N–H and O–H groups in total. The van der Waals surface area contributed by atoms with Crippen LogP contribution in [-0.4, -0.2) is 28.4 Å². The van der Waals surface area contributed by atoms with E-state index < -0.39 is 11.6 Å². The second-order valence-electron chi connectivity index (χ2n) is 5.09. The van der Waals surface area contributed by atoms with E-state index in [2.05, 4.69) is 0 Å². The van der Waals surface area contributed by atoms with E-state index >= 15 is 0 Å². The highest BCUT2D eigenvalue weighted by molar-refractivity contribution is 5.45. The molecule has 1 aliphatic rings. The summed E-state index contributed by atoms with van der Waals surface area (Å²) in [6, 6.07) is 13.5. The van der Waals surface area contributed by atoms with Gasteiger partial charge in [0.15, 0.2) is 5.60 Å². The normalized spacial score (nSPS) is 23.0. The van der Waals surface area contributed by atoms with Gasteiger partial charge in [-0.1, -0.05) is 36.4 Å². The van der Waals surface area contributed by atoms with E-state index in [0.717, 1.165) is 0 Å². The molecule has 0 saturated carbocycles. The fourth-order valence-electron chi connectivity index (χ4n) is 2.54. The van der Waals surface area contributed by atoms with E-state index in [1.165, 1.54) is 7.11 Å². The number of hydrogen-bond acceptors (Lipinski definition) is 5. The summed E-state index contributed by atoms with van der Waals surface area (Å²) in [6.07, 6.45) is 0.0172. The van der Waals surface area contributed by atoms with Gasteiger partial charge in [0.25, 0.3) is 0 Å². The van der Waals surface area contributed by atoms with Crippen molar-refractivity contribution >= 4 is 0 Å². The highest BCUT2D eigenvalue weighted by atomic mass is 16.8. The fourth-order valence-corrected chi connectivity index (χ4v) is 2.54. The molecule has 5 heteroatoms. The average Bonchev–Trinajstić information content (AvgIpc) is 2.48. The van der Waals surface area contributed by atoms with Gasteiger partial charge in [-0.3, -0.25) is 0 Å². The first-order valence-electron chi connectivity index (χ1n) is 6.55. The van der Waals surface area contributed by atoms with E-state index in [-0.39, 0.29) is 12.2 Å². The summed E-state index contributed by atoms with van der Waals surface area (Å²) in [7, 11) is 1.51. The minimum atomic E-state index is -2.73. The molecule has 0 aromatic heterocycles. The van der Waals surface area contributed by atoms with Gasteiger partial charge in [-0.2, -0.15) is 0 Å². The molecule has 3 rings (SSSR count). The minimum Gasteiger partial charge on any atom is -0.497 e. The summed E-state index contributed by atoms with van der Waals surface area (Å²) in [5.41, 5.74) is -0.909. The molecular weight excluding hydrogens is 272 g/mol. The lowest BCUT2D eigenvalue weighted by molar-refractivity contribution is -0.386. The third-order valence-electron chi connectivity index (χ3n) is 3.76. The Balaban J connectivity index is 2.08. The van der Waals surface area contributed by atoms with Crippen LogP contribution in [0.4, 0.5) is 0 Å². The fraction of sp³-hybridized carbons (Fsp3) is 0.250. The van der Waals surface area contributed by atoms with Crippen LogP contribution >= 0.6 is 0 Å². The maximum Gasteiger partial charge on any atom is 0.357 e. The first kappa shape index (κ1) is 13.9. The van der Waals surface area contributed by atoms with Gasteiger partial charge in [0, 0.05) is 12.5 Å². The van der Waals surface area contributed by atoms with E-state index in [1.807, 2.05) is 0 Å². The molecule has 1 atom stereocenters. The summed E-state index contributed by atoms with van der Waals surface area (Å²) < 4.78 is 10.3. The Labute approximate surface area is 122 Å². The Morgan fingerprint density at radius 3 is 2.43 bits per heavy atom. The number of aliphatic hydroxyl groups is 3. The quantitative estimate of drug-likeness (QED) is 0.723. The van der Waals surface area contributed by atoms with E-state index in [0.29, 0.717) is 16.9 Å². The first-order valence-corrected chi connectivity index (χ1v) is 6.55. The summed E-state index contributed by atoms with van der Waals surface area (Å²) in [5.74, 6) is -1.91. The molecule has 2 aromatic carbocycles. The summed E-state index contributed by atoms with van der Waals surface area (Å²) in [6.45, 7) is 0. The molecule has 1 unspecified atom stereocenters. The van der Waals surface area contributed by atoms with Crippen molar-refractivity contribution in [2.45, 2.75) is 18.0 Å². The van der Waals surface area contributed by atoms with Crippen LogP contribution < -0.4 is 9.47 Å². The molecule has 5 nitrogen and oxygen atoms in total. The van der Waals surface area contributed by atoms with Gasteiger partial charge in [0.1, 0.15) is 11.5 Å². The molecule has 1 aliphatic heterocycles. The number of ether oxygens (including phenoxy) is 2. The molecule has 110 valence electrons. The minimum absolute atomic E-state index is 0.0172. The summed E-state index contributed by atoms with van der Waals surface area (Å²) >= 11 is 0. The number of methoxy groups -OCH3 is 1. The molecule has 0 saturated heterocycles. The molecule has 0 spiro atoms. The van der Waals surface area contributed by atoms with Crippen molar-refractivity contribution in [2.24, 2.45) is 0 Å². The van der Waals surface area contributed by atoms with E-state index in [9.17, 15) is 15.3 Å². The Hall–Kier alpha value is -2.08. The molecule has 1 heterocycles. The van der Waals surface area contributed by atoms with Gasteiger partial charge in [-0.15, -0.1) is 0 Å². The molecule has 0 bridgehead atoms. The van der Waals surface area contributed by atoms with Crippen LogP contribution in [0, 0.1) is 0 Å². The monoisotopic (exact) mass is 288 g/mol. The zero-order valence-electron chi connectivity index (χ0n) is 11.5. The predicted molar refractivity (Wildman–Crippen MR) is 74.8 cm³/mol. The molecule has 21 heavy (non-hydrogen) atoms. The van der Waals surface area contributed by atoms with E-state index in [4.69, 9.17) is 9.47 Å². The SMILES string of the molecule is COc1ccc2c(c1)OC(O)(O)C(O)(c1ccccc1)C2. The Bertz CT molecular complexity index is 653. The predicted octanol–water partition coefficient (Wildman–Crippen LogP) is 1.16. The molecule has 0 amide bonds. The zero-order chi connectivity index (χ0) is 15.1. The third-order valence-corrected chi connectivity index (χ3v) is 3.76. The van der Waals surface area contributed by atoms with Crippen LogP contribution in [0.1, 0.15) is 11.1 Å². The Morgan fingerprint density at radius 1 is 1.05 bits per heavy atom. The maximum atomic E-state index is 10.8. The smallest absolute Gasteiger partial charge is 0.357 e. The molecule has 0 radical (unpaired) electrons. The second-order valence-corrected chi connectivity index (χ2v) is 5.09. The average molecular weight is 288 g/mol. The lowest BCUT2D eigenvalue weighted by Gasteiger charge is -2.43. The van der Waals surface area contributed by atoms with Gasteiger partial charge in [-0.05, 0) is 17.2 Å². The molecule has 2 aromatic rings. The first-order chi connectivity index (χ1) is 9.96. The molecule has 0 aliphatic carbocycles. The topological polar surface area (TPSA) is 79.2 Å². The van der Waals surface area contributed by atoms with Gasteiger partial charge in [0.05, 0.1) is 7.11 Å². The maximum absolute atomic E-state index is 10.8. The van der Waals surface area contributed by atoms with Crippen LogP contribution in [0.3, 0.4) is 0 Å². The zero-order valence-corrected chi connectivity index (χ0v) is 11.5. The van der Waals surface area contributed by atoms with Crippen molar-refractivity contribution in [2.75, 3.05) is 7.11 Å². The lowest BCUT2D eigenvalue weighted by Crippen LogP contribution is -2.59. The Morgan fingerprint density at radius 2 is 1.76 bits per heavy atom. The second kappa shape index (κ2) is 4.73. The summed E-state index contributed by atoms with van der Waals surface area (Å²) in [4.78, 5) is 0. The number of hydrogen-bond donors (Lipinski definition) is 3. The van der Waals surface area contributed by atoms with Crippen molar-refractivity contribution in [1.82, 2.24) is 0 Å². The van der Waals surface area contributed by atoms with Gasteiger partial charge in [0.2, 0.25) is 0 Å². The van der Waals surface area contributed by atoms with Crippen LogP contribution in [0.15, 0.2) is 48.5 Å². The molecular formula is C16H16O5. The van der Waals surface area contributed by atoms with Crippen molar-refractivity contribution < 1.29 is 24.8 Å². The number of benzene rings is 2. The Kier molecular flexibility index (Phi) is 3.13. The highest BCUT2D eigenvalue weighted by Gasteiger charge is 2.55. The van der Waals surface area contributed by atoms with Crippen molar-refractivity contribution in [1.29, 1.82) is 0 Å². The van der Waals surface area contributed by atoms with Crippen molar-refractivity contribution in [3.63, 3.8) is 0 Å². The van der Waals surface area contributed by atoms with Crippen molar-refractivity contribution in [3.05, 3.63) is 59.7 Å². The lowest BCUT2D eigenvalue weighted by atomic mass is 9.82. The third kappa shape index (κ3) is 2.15. The van der Waals surface area contributed by atoms with E-state index in [1.54, 1.807) is 48.5 Å². The van der Waals surface area contributed by atoms with Crippen LogP contribution in [-0.2, 0) is 12.0 Å².